The first-order valence-corrected chi connectivity index (χ1v) is 9.51. The van der Waals surface area contributed by atoms with E-state index in [0.717, 1.165) is 46.6 Å². The molecule has 1 N–H and O–H groups in total. The number of nitrogens with zero attached hydrogens (tertiary/aromatic N) is 6. The van der Waals surface area contributed by atoms with Crippen LogP contribution in [0.2, 0.25) is 0 Å². The molecule has 2 aromatic carbocycles. The maximum atomic E-state index is 8.88. The molecule has 0 saturated carbocycles. The van der Waals surface area contributed by atoms with E-state index in [-0.39, 0.29) is 5.57 Å². The third-order valence-corrected chi connectivity index (χ3v) is 4.86. The lowest BCUT2D eigenvalue weighted by atomic mass is 10.1. The zero-order valence-corrected chi connectivity index (χ0v) is 17.1. The Kier molecular flexibility index (Phi) is 5.80. The first-order valence-electron chi connectivity index (χ1n) is 9.51. The number of nitriles is 2. The minimum atomic E-state index is 0.0112. The number of nitrogens with one attached hydrogen (secondary N) is 1. The summed E-state index contributed by atoms with van der Waals surface area (Å²) >= 11 is 0. The highest BCUT2D eigenvalue weighted by molar-refractivity contribution is 5.81. The van der Waals surface area contributed by atoms with E-state index in [1.807, 2.05) is 37.3 Å². The van der Waals surface area contributed by atoms with Gasteiger partial charge in [0.15, 0.2) is 0 Å². The lowest BCUT2D eigenvalue weighted by molar-refractivity contribution is 0.759. The molecule has 0 aliphatic rings. The van der Waals surface area contributed by atoms with E-state index in [9.17, 15) is 0 Å². The molecule has 7 nitrogen and oxygen atoms in total. The summed E-state index contributed by atoms with van der Waals surface area (Å²) < 4.78 is 0. The number of fused-ring (bicyclic) bond motifs is 1. The highest BCUT2D eigenvalue weighted by atomic mass is 15.5. The molecular formula is C22H23N7. The van der Waals surface area contributed by atoms with Gasteiger partial charge in [0.25, 0.3) is 0 Å². The fraction of sp³-hybridized carbons (Fsp3) is 0.273. The van der Waals surface area contributed by atoms with Crippen LogP contribution in [0.3, 0.4) is 0 Å². The Morgan fingerprint density at radius 3 is 2.28 bits per heavy atom. The average Bonchev–Trinajstić information content (AvgIpc) is 3.12. The van der Waals surface area contributed by atoms with Gasteiger partial charge in [0, 0.05) is 30.7 Å². The smallest absolute Gasteiger partial charge is 0.145 e. The third kappa shape index (κ3) is 4.04. The number of benzene rings is 2. The highest BCUT2D eigenvalue weighted by Gasteiger charge is 2.11. The normalized spacial score (nSPS) is 10.3. The first kappa shape index (κ1) is 19.9. The van der Waals surface area contributed by atoms with Gasteiger partial charge in [-0.3, -0.25) is 0 Å². The van der Waals surface area contributed by atoms with Gasteiger partial charge in [-0.2, -0.15) is 15.3 Å². The van der Waals surface area contributed by atoms with Gasteiger partial charge in [-0.1, -0.05) is 0 Å². The maximum Gasteiger partial charge on any atom is 0.145 e. The van der Waals surface area contributed by atoms with Crippen molar-refractivity contribution in [2.45, 2.75) is 27.7 Å². The molecule has 0 aliphatic heterocycles. The zero-order chi connectivity index (χ0) is 21.0. The molecule has 1 heterocycles. The van der Waals surface area contributed by atoms with Gasteiger partial charge in [-0.15, -0.1) is 10.2 Å². The second kappa shape index (κ2) is 8.45. The Balaban J connectivity index is 1.97. The third-order valence-electron chi connectivity index (χ3n) is 4.86. The van der Waals surface area contributed by atoms with E-state index in [2.05, 4.69) is 53.3 Å². The largest absolute Gasteiger partial charge is 0.372 e. The quantitative estimate of drug-likeness (QED) is 0.638. The molecule has 0 saturated heterocycles. The predicted octanol–water partition coefficient (Wildman–Crippen LogP) is 4.23. The molecule has 0 aliphatic carbocycles. The molecule has 29 heavy (non-hydrogen) atoms. The highest BCUT2D eigenvalue weighted by Crippen LogP contribution is 2.25. The molecule has 146 valence electrons. The number of anilines is 2. The Hall–Kier alpha value is -3.84. The van der Waals surface area contributed by atoms with Gasteiger partial charge in [0.05, 0.1) is 5.69 Å². The predicted molar refractivity (Wildman–Crippen MR) is 115 cm³/mol. The first-order chi connectivity index (χ1) is 14.0. The summed E-state index contributed by atoms with van der Waals surface area (Å²) in [7, 11) is 0. The van der Waals surface area contributed by atoms with Crippen LogP contribution in [-0.2, 0) is 0 Å². The van der Waals surface area contributed by atoms with Crippen LogP contribution in [0.4, 0.5) is 11.4 Å². The van der Waals surface area contributed by atoms with Gasteiger partial charge < -0.3 is 10.2 Å². The molecule has 7 heteroatoms. The SMILES string of the molecule is CCN(CC)c1ccc(-n2nc3cc(C)c(NC=C(C#N)C#N)cc3n2)c(C)c1. The molecule has 0 unspecified atom stereocenters. The average molecular weight is 385 g/mol. The molecule has 0 amide bonds. The Labute approximate surface area is 170 Å². The summed E-state index contributed by atoms with van der Waals surface area (Å²) in [6.45, 7) is 10.2. The van der Waals surface area contributed by atoms with E-state index in [4.69, 9.17) is 10.5 Å². The van der Waals surface area contributed by atoms with Gasteiger partial charge in [-0.05, 0) is 69.2 Å². The number of aromatic nitrogens is 3. The fourth-order valence-electron chi connectivity index (χ4n) is 3.22. The van der Waals surface area contributed by atoms with E-state index in [1.54, 1.807) is 4.80 Å². The maximum absolute atomic E-state index is 8.88. The van der Waals surface area contributed by atoms with Crippen molar-refractivity contribution in [3.05, 3.63) is 53.2 Å². The van der Waals surface area contributed by atoms with Crippen molar-refractivity contribution >= 4 is 22.4 Å². The molecule has 0 spiro atoms. The van der Waals surface area contributed by atoms with Gasteiger partial charge in [-0.25, -0.2) is 0 Å². The summed E-state index contributed by atoms with van der Waals surface area (Å²) in [5.41, 5.74) is 6.47. The van der Waals surface area contributed by atoms with Crippen LogP contribution in [0.1, 0.15) is 25.0 Å². The number of allylic oxidation sites excluding steroid dienone is 1. The van der Waals surface area contributed by atoms with Gasteiger partial charge in [0.1, 0.15) is 28.7 Å². The lowest BCUT2D eigenvalue weighted by Gasteiger charge is -2.22. The minimum Gasteiger partial charge on any atom is -0.372 e. The van der Waals surface area contributed by atoms with Crippen LogP contribution in [0.15, 0.2) is 42.1 Å². The molecular weight excluding hydrogens is 362 g/mol. The van der Waals surface area contributed by atoms with Crippen LogP contribution in [0.25, 0.3) is 16.7 Å². The standard InChI is InChI=1S/C22H23N7/c1-5-28(6-2)18-7-8-22(16(4)9-18)29-26-20-10-15(3)19(11-21(20)27-29)25-14-17(12-23)13-24/h7-11,14,25H,5-6H2,1-4H3. The summed E-state index contributed by atoms with van der Waals surface area (Å²) in [4.78, 5) is 3.95. The summed E-state index contributed by atoms with van der Waals surface area (Å²) in [5, 5.41) is 30.0. The van der Waals surface area contributed by atoms with Crippen molar-refractivity contribution in [2.24, 2.45) is 0 Å². The van der Waals surface area contributed by atoms with Crippen molar-refractivity contribution in [1.29, 1.82) is 10.5 Å². The Bertz CT molecular complexity index is 1140. The molecule has 0 bridgehead atoms. The zero-order valence-electron chi connectivity index (χ0n) is 17.1. The second-order valence-corrected chi connectivity index (χ2v) is 6.71. The molecule has 3 rings (SSSR count). The summed E-state index contributed by atoms with van der Waals surface area (Å²) in [5.74, 6) is 0. The summed E-state index contributed by atoms with van der Waals surface area (Å²) in [6, 6.07) is 13.8. The van der Waals surface area contributed by atoms with Crippen LogP contribution in [0, 0.1) is 36.5 Å². The minimum absolute atomic E-state index is 0.0112. The van der Waals surface area contributed by atoms with Crippen LogP contribution in [0.5, 0.6) is 0 Å². The number of hydrogen-bond acceptors (Lipinski definition) is 6. The Morgan fingerprint density at radius 2 is 1.69 bits per heavy atom. The molecule has 3 aromatic rings. The monoisotopic (exact) mass is 385 g/mol. The van der Waals surface area contributed by atoms with E-state index >= 15 is 0 Å². The fourth-order valence-corrected chi connectivity index (χ4v) is 3.22. The molecule has 1 aromatic heterocycles. The molecule has 0 fully saturated rings. The number of aryl methyl sites for hydroxylation is 2. The topological polar surface area (TPSA) is 93.6 Å². The van der Waals surface area contributed by atoms with Crippen molar-refractivity contribution in [3.8, 4) is 17.8 Å². The van der Waals surface area contributed by atoms with Crippen molar-refractivity contribution in [2.75, 3.05) is 23.3 Å². The van der Waals surface area contributed by atoms with Crippen molar-refractivity contribution in [1.82, 2.24) is 15.0 Å². The van der Waals surface area contributed by atoms with Crippen LogP contribution < -0.4 is 10.2 Å². The van der Waals surface area contributed by atoms with Gasteiger partial charge >= 0.3 is 0 Å². The molecule has 0 radical (unpaired) electrons. The Morgan fingerprint density at radius 1 is 1.03 bits per heavy atom. The number of hydrogen-bond donors (Lipinski definition) is 1. The van der Waals surface area contributed by atoms with Crippen LogP contribution in [-0.4, -0.2) is 28.1 Å². The van der Waals surface area contributed by atoms with E-state index < -0.39 is 0 Å². The summed E-state index contributed by atoms with van der Waals surface area (Å²) in [6.07, 6.45) is 1.40. The lowest BCUT2D eigenvalue weighted by Crippen LogP contribution is -2.21. The molecule has 0 atom stereocenters. The van der Waals surface area contributed by atoms with Crippen molar-refractivity contribution in [3.63, 3.8) is 0 Å². The van der Waals surface area contributed by atoms with Crippen molar-refractivity contribution < 1.29 is 0 Å². The van der Waals surface area contributed by atoms with Gasteiger partial charge in [0.2, 0.25) is 0 Å². The van der Waals surface area contributed by atoms with E-state index in [1.165, 1.54) is 11.9 Å². The number of rotatable bonds is 6. The van der Waals surface area contributed by atoms with Crippen LogP contribution >= 0.6 is 0 Å². The van der Waals surface area contributed by atoms with E-state index in [0.29, 0.717) is 0 Å². The second-order valence-electron chi connectivity index (χ2n) is 6.71.